The van der Waals surface area contributed by atoms with Crippen molar-refractivity contribution in [1.29, 1.82) is 0 Å². The van der Waals surface area contributed by atoms with E-state index < -0.39 is 0 Å². The SMILES string of the molecule is CCC(CN)NC(=O)C1CC1C. The first kappa shape index (κ1) is 9.52. The van der Waals surface area contributed by atoms with Gasteiger partial charge in [-0.1, -0.05) is 13.8 Å². The van der Waals surface area contributed by atoms with E-state index in [-0.39, 0.29) is 17.9 Å². The van der Waals surface area contributed by atoms with Gasteiger partial charge in [-0.15, -0.1) is 0 Å². The minimum atomic E-state index is 0.172. The molecular weight excluding hydrogens is 152 g/mol. The molecule has 1 fully saturated rings. The first-order chi connectivity index (χ1) is 5.69. The summed E-state index contributed by atoms with van der Waals surface area (Å²) in [5.41, 5.74) is 5.47. The highest BCUT2D eigenvalue weighted by atomic mass is 16.2. The van der Waals surface area contributed by atoms with E-state index in [4.69, 9.17) is 5.73 Å². The molecule has 3 atom stereocenters. The van der Waals surface area contributed by atoms with Gasteiger partial charge >= 0.3 is 0 Å². The first-order valence-corrected chi connectivity index (χ1v) is 4.69. The topological polar surface area (TPSA) is 55.1 Å². The molecule has 3 N–H and O–H groups in total. The highest BCUT2D eigenvalue weighted by Crippen LogP contribution is 2.37. The third-order valence-electron chi connectivity index (χ3n) is 2.57. The van der Waals surface area contributed by atoms with Crippen molar-refractivity contribution in [2.75, 3.05) is 6.54 Å². The van der Waals surface area contributed by atoms with E-state index in [0.29, 0.717) is 12.5 Å². The fourth-order valence-electron chi connectivity index (χ4n) is 1.32. The van der Waals surface area contributed by atoms with Crippen LogP contribution in [0.2, 0.25) is 0 Å². The summed E-state index contributed by atoms with van der Waals surface area (Å²) in [4.78, 5) is 11.4. The number of rotatable bonds is 4. The molecule has 0 aromatic carbocycles. The molecule has 0 saturated heterocycles. The van der Waals surface area contributed by atoms with E-state index in [1.165, 1.54) is 0 Å². The van der Waals surface area contributed by atoms with Crippen LogP contribution < -0.4 is 11.1 Å². The van der Waals surface area contributed by atoms with Crippen LogP contribution in [0.4, 0.5) is 0 Å². The molecule has 0 spiro atoms. The molecule has 0 aromatic heterocycles. The summed E-state index contributed by atoms with van der Waals surface area (Å²) in [5.74, 6) is 1.05. The predicted octanol–water partition coefficient (Wildman–Crippen LogP) is 0.496. The van der Waals surface area contributed by atoms with Crippen LogP contribution in [0.15, 0.2) is 0 Å². The largest absolute Gasteiger partial charge is 0.352 e. The second kappa shape index (κ2) is 3.90. The van der Waals surface area contributed by atoms with Crippen molar-refractivity contribution in [2.24, 2.45) is 17.6 Å². The lowest BCUT2D eigenvalue weighted by Gasteiger charge is -2.13. The summed E-state index contributed by atoms with van der Waals surface area (Å²) >= 11 is 0. The lowest BCUT2D eigenvalue weighted by molar-refractivity contribution is -0.123. The Morgan fingerprint density at radius 1 is 1.75 bits per heavy atom. The van der Waals surface area contributed by atoms with Crippen molar-refractivity contribution in [3.05, 3.63) is 0 Å². The Morgan fingerprint density at radius 3 is 2.67 bits per heavy atom. The monoisotopic (exact) mass is 170 g/mol. The Hall–Kier alpha value is -0.570. The molecule has 70 valence electrons. The van der Waals surface area contributed by atoms with Crippen LogP contribution in [0.1, 0.15) is 26.7 Å². The highest BCUT2D eigenvalue weighted by Gasteiger charge is 2.39. The number of hydrogen-bond donors (Lipinski definition) is 2. The fourth-order valence-corrected chi connectivity index (χ4v) is 1.32. The molecule has 3 nitrogen and oxygen atoms in total. The minimum absolute atomic E-state index is 0.172. The van der Waals surface area contributed by atoms with Gasteiger partial charge in [-0.3, -0.25) is 4.79 Å². The van der Waals surface area contributed by atoms with Gasteiger partial charge in [0, 0.05) is 18.5 Å². The molecule has 0 radical (unpaired) electrons. The average Bonchev–Trinajstić information content (AvgIpc) is 2.78. The van der Waals surface area contributed by atoms with E-state index in [9.17, 15) is 4.79 Å². The normalized spacial score (nSPS) is 29.6. The van der Waals surface area contributed by atoms with Crippen LogP contribution >= 0.6 is 0 Å². The lowest BCUT2D eigenvalue weighted by atomic mass is 10.2. The second-order valence-corrected chi connectivity index (χ2v) is 3.67. The summed E-state index contributed by atoms with van der Waals surface area (Å²) < 4.78 is 0. The molecule has 0 aromatic rings. The number of nitrogens with one attached hydrogen (secondary N) is 1. The van der Waals surface area contributed by atoms with Crippen LogP contribution in [0.25, 0.3) is 0 Å². The van der Waals surface area contributed by atoms with Crippen LogP contribution in [0.5, 0.6) is 0 Å². The van der Waals surface area contributed by atoms with Gasteiger partial charge in [0.2, 0.25) is 5.91 Å². The molecule has 0 aliphatic heterocycles. The van der Waals surface area contributed by atoms with Crippen LogP contribution in [-0.2, 0) is 4.79 Å². The lowest BCUT2D eigenvalue weighted by Crippen LogP contribution is -2.40. The molecule has 1 rings (SSSR count). The average molecular weight is 170 g/mol. The third kappa shape index (κ3) is 2.21. The smallest absolute Gasteiger partial charge is 0.223 e. The zero-order valence-electron chi connectivity index (χ0n) is 7.84. The summed E-state index contributed by atoms with van der Waals surface area (Å²) in [6.45, 7) is 4.69. The zero-order chi connectivity index (χ0) is 9.14. The van der Waals surface area contributed by atoms with E-state index in [0.717, 1.165) is 12.8 Å². The van der Waals surface area contributed by atoms with Crippen molar-refractivity contribution in [3.8, 4) is 0 Å². The summed E-state index contributed by atoms with van der Waals surface area (Å²) in [7, 11) is 0. The van der Waals surface area contributed by atoms with Crippen LogP contribution in [0.3, 0.4) is 0 Å². The Labute approximate surface area is 73.7 Å². The van der Waals surface area contributed by atoms with Gasteiger partial charge in [0.1, 0.15) is 0 Å². The molecule has 3 unspecified atom stereocenters. The van der Waals surface area contributed by atoms with Gasteiger partial charge in [-0.2, -0.15) is 0 Å². The maximum Gasteiger partial charge on any atom is 0.223 e. The van der Waals surface area contributed by atoms with Crippen molar-refractivity contribution >= 4 is 5.91 Å². The van der Waals surface area contributed by atoms with Gasteiger partial charge < -0.3 is 11.1 Å². The van der Waals surface area contributed by atoms with Crippen LogP contribution in [-0.4, -0.2) is 18.5 Å². The Kier molecular flexibility index (Phi) is 3.09. The molecule has 12 heavy (non-hydrogen) atoms. The zero-order valence-corrected chi connectivity index (χ0v) is 7.84. The number of amides is 1. The summed E-state index contributed by atoms with van der Waals surface area (Å²) in [6, 6.07) is 0.172. The Balaban J connectivity index is 2.25. The predicted molar refractivity (Wildman–Crippen MR) is 48.5 cm³/mol. The van der Waals surface area contributed by atoms with Crippen molar-refractivity contribution in [1.82, 2.24) is 5.32 Å². The Morgan fingerprint density at radius 2 is 2.33 bits per heavy atom. The standard InChI is InChI=1S/C9H18N2O/c1-3-7(5-10)11-9(12)8-4-6(8)2/h6-8H,3-5,10H2,1-2H3,(H,11,12). The van der Waals surface area contributed by atoms with Crippen molar-refractivity contribution in [2.45, 2.75) is 32.7 Å². The van der Waals surface area contributed by atoms with Gasteiger partial charge in [-0.05, 0) is 18.8 Å². The summed E-state index contributed by atoms with van der Waals surface area (Å²) in [5, 5.41) is 2.94. The van der Waals surface area contributed by atoms with Crippen molar-refractivity contribution in [3.63, 3.8) is 0 Å². The summed E-state index contributed by atoms with van der Waals surface area (Å²) in [6.07, 6.45) is 1.97. The van der Waals surface area contributed by atoms with Gasteiger partial charge in [0.15, 0.2) is 0 Å². The Bertz CT molecular complexity index is 166. The van der Waals surface area contributed by atoms with Crippen LogP contribution in [0, 0.1) is 11.8 Å². The van der Waals surface area contributed by atoms with E-state index in [2.05, 4.69) is 12.2 Å². The molecule has 3 heteroatoms. The molecule has 1 amide bonds. The third-order valence-corrected chi connectivity index (χ3v) is 2.57. The maximum absolute atomic E-state index is 11.4. The number of carbonyl (C=O) groups excluding carboxylic acids is 1. The van der Waals surface area contributed by atoms with Gasteiger partial charge in [-0.25, -0.2) is 0 Å². The van der Waals surface area contributed by atoms with Gasteiger partial charge in [0.05, 0.1) is 0 Å². The number of nitrogens with two attached hydrogens (primary N) is 1. The van der Waals surface area contributed by atoms with Crippen molar-refractivity contribution < 1.29 is 4.79 Å². The molecule has 1 aliphatic rings. The molecule has 0 heterocycles. The molecule has 0 bridgehead atoms. The second-order valence-electron chi connectivity index (χ2n) is 3.67. The molecule has 1 aliphatic carbocycles. The molecular formula is C9H18N2O. The minimum Gasteiger partial charge on any atom is -0.352 e. The number of carbonyl (C=O) groups is 1. The van der Waals surface area contributed by atoms with Gasteiger partial charge in [0.25, 0.3) is 0 Å². The van der Waals surface area contributed by atoms with E-state index in [1.807, 2.05) is 6.92 Å². The van der Waals surface area contributed by atoms with E-state index in [1.54, 1.807) is 0 Å². The quantitative estimate of drug-likeness (QED) is 0.645. The fraction of sp³-hybridized carbons (Fsp3) is 0.889. The highest BCUT2D eigenvalue weighted by molar-refractivity contribution is 5.81. The number of hydrogen-bond acceptors (Lipinski definition) is 2. The first-order valence-electron chi connectivity index (χ1n) is 4.69. The van der Waals surface area contributed by atoms with E-state index >= 15 is 0 Å². The maximum atomic E-state index is 11.4. The molecule has 1 saturated carbocycles.